The zero-order chi connectivity index (χ0) is 25.8. The van der Waals surface area contributed by atoms with Crippen molar-refractivity contribution in [2.24, 2.45) is 0 Å². The number of hydrogen-bond donors (Lipinski definition) is 1. The van der Waals surface area contributed by atoms with Crippen LogP contribution in [0.4, 0.5) is 0 Å². The lowest BCUT2D eigenvalue weighted by Crippen LogP contribution is -2.30. The second kappa shape index (κ2) is 10.6. The topological polar surface area (TPSA) is 98.5 Å². The second-order valence-electron chi connectivity index (χ2n) is 9.15. The van der Waals surface area contributed by atoms with E-state index in [-0.39, 0.29) is 23.9 Å². The molecule has 5 aromatic rings. The predicted molar refractivity (Wildman–Crippen MR) is 142 cm³/mol. The minimum atomic E-state index is -0.302. The lowest BCUT2D eigenvalue weighted by atomic mass is 9.98. The number of carbonyl (C=O) groups excluding carboxylic acids is 1. The van der Waals surface area contributed by atoms with Gasteiger partial charge in [0, 0.05) is 17.5 Å². The first-order valence-electron chi connectivity index (χ1n) is 12.4. The normalized spacial score (nSPS) is 11.9. The number of rotatable bonds is 8. The molecule has 2 heterocycles. The van der Waals surface area contributed by atoms with Gasteiger partial charge >= 0.3 is 5.69 Å². The van der Waals surface area contributed by atoms with Gasteiger partial charge in [0.2, 0.25) is 5.91 Å². The van der Waals surface area contributed by atoms with Gasteiger partial charge in [0.25, 0.3) is 0 Å². The first-order valence-corrected chi connectivity index (χ1v) is 12.4. The van der Waals surface area contributed by atoms with Crippen LogP contribution in [0.15, 0.2) is 89.9 Å². The van der Waals surface area contributed by atoms with Crippen molar-refractivity contribution >= 4 is 5.91 Å². The zero-order valence-electron chi connectivity index (χ0n) is 20.8. The average molecular weight is 493 g/mol. The first-order chi connectivity index (χ1) is 18.0. The quantitative estimate of drug-likeness (QED) is 0.331. The summed E-state index contributed by atoms with van der Waals surface area (Å²) in [5, 5.41) is 14.3. The maximum atomic E-state index is 13.4. The van der Waals surface area contributed by atoms with Crippen LogP contribution in [0, 0.1) is 0 Å². The van der Waals surface area contributed by atoms with Crippen LogP contribution in [0.5, 0.6) is 0 Å². The molecule has 8 heteroatoms. The number of nitrogens with zero attached hydrogens (tertiary/aromatic N) is 5. The minimum Gasteiger partial charge on any atom is -0.291 e. The number of nitrogens with one attached hydrogen (secondary N) is 1. The van der Waals surface area contributed by atoms with E-state index in [0.717, 1.165) is 39.9 Å². The first kappa shape index (κ1) is 24.1. The van der Waals surface area contributed by atoms with Crippen molar-refractivity contribution in [3.8, 4) is 22.5 Å². The standard InChI is InChI=1S/C29H28N6O2/c1-3-20(2)26-19-35(27(36)17-21-9-5-4-6-10-21)29(37)34(26)18-22-13-15-23(16-14-22)24-11-7-8-12-25(24)28-30-32-33-31-28/h4-16,19-20H,3,17-18H2,1-2H3,(H,30,31,32,33). The van der Waals surface area contributed by atoms with E-state index in [1.165, 1.54) is 4.57 Å². The van der Waals surface area contributed by atoms with Gasteiger partial charge in [0.1, 0.15) is 0 Å². The van der Waals surface area contributed by atoms with Crippen LogP contribution in [0.25, 0.3) is 22.5 Å². The predicted octanol–water partition coefficient (Wildman–Crippen LogP) is 4.94. The van der Waals surface area contributed by atoms with Gasteiger partial charge in [0.15, 0.2) is 5.82 Å². The number of aromatic nitrogens is 6. The van der Waals surface area contributed by atoms with Gasteiger partial charge in [-0.15, -0.1) is 5.10 Å². The smallest absolute Gasteiger partial charge is 0.291 e. The molecule has 0 aliphatic heterocycles. The third kappa shape index (κ3) is 5.04. The Labute approximate surface area is 214 Å². The summed E-state index contributed by atoms with van der Waals surface area (Å²) in [5.41, 5.74) is 5.34. The van der Waals surface area contributed by atoms with Crippen molar-refractivity contribution < 1.29 is 4.79 Å². The summed E-state index contributed by atoms with van der Waals surface area (Å²) in [6.45, 7) is 4.55. The summed E-state index contributed by atoms with van der Waals surface area (Å²) in [5.74, 6) is 0.513. The molecule has 186 valence electrons. The zero-order valence-corrected chi connectivity index (χ0v) is 20.8. The fourth-order valence-corrected chi connectivity index (χ4v) is 4.48. The van der Waals surface area contributed by atoms with Crippen molar-refractivity contribution in [2.75, 3.05) is 0 Å². The molecule has 0 saturated carbocycles. The van der Waals surface area contributed by atoms with E-state index in [1.54, 1.807) is 10.8 Å². The Kier molecular flexibility index (Phi) is 6.89. The van der Waals surface area contributed by atoms with E-state index in [0.29, 0.717) is 12.4 Å². The maximum Gasteiger partial charge on any atom is 0.335 e. The molecule has 3 aromatic carbocycles. The number of carbonyl (C=O) groups is 1. The van der Waals surface area contributed by atoms with E-state index in [1.807, 2.05) is 78.9 Å². The van der Waals surface area contributed by atoms with Gasteiger partial charge in [-0.05, 0) is 45.0 Å². The summed E-state index contributed by atoms with van der Waals surface area (Å²) in [7, 11) is 0. The number of aromatic amines is 1. The fraction of sp³-hybridized carbons (Fsp3) is 0.207. The highest BCUT2D eigenvalue weighted by atomic mass is 16.2. The summed E-state index contributed by atoms with van der Waals surface area (Å²) in [6.07, 6.45) is 2.76. The number of H-pyrrole nitrogens is 1. The van der Waals surface area contributed by atoms with Crippen molar-refractivity contribution in [3.05, 3.63) is 112 Å². The minimum absolute atomic E-state index is 0.139. The summed E-state index contributed by atoms with van der Waals surface area (Å²) in [6, 6.07) is 25.5. The summed E-state index contributed by atoms with van der Waals surface area (Å²) < 4.78 is 2.99. The van der Waals surface area contributed by atoms with Crippen LogP contribution >= 0.6 is 0 Å². The fourth-order valence-electron chi connectivity index (χ4n) is 4.48. The van der Waals surface area contributed by atoms with E-state index in [2.05, 4.69) is 34.5 Å². The molecule has 0 fully saturated rings. The van der Waals surface area contributed by atoms with Crippen molar-refractivity contribution in [2.45, 2.75) is 39.2 Å². The van der Waals surface area contributed by atoms with E-state index >= 15 is 0 Å². The Morgan fingerprint density at radius 3 is 2.30 bits per heavy atom. The van der Waals surface area contributed by atoms with Gasteiger partial charge in [-0.25, -0.2) is 14.5 Å². The van der Waals surface area contributed by atoms with E-state index < -0.39 is 0 Å². The van der Waals surface area contributed by atoms with E-state index in [9.17, 15) is 9.59 Å². The molecule has 5 rings (SSSR count). The molecule has 0 aliphatic carbocycles. The Morgan fingerprint density at radius 1 is 0.919 bits per heavy atom. The van der Waals surface area contributed by atoms with Crippen LogP contribution in [-0.2, 0) is 13.0 Å². The second-order valence-corrected chi connectivity index (χ2v) is 9.15. The largest absolute Gasteiger partial charge is 0.335 e. The Morgan fingerprint density at radius 2 is 1.62 bits per heavy atom. The molecule has 1 unspecified atom stereocenters. The van der Waals surface area contributed by atoms with Gasteiger partial charge in [0.05, 0.1) is 13.0 Å². The number of benzene rings is 3. The third-order valence-corrected chi connectivity index (χ3v) is 6.73. The molecule has 37 heavy (non-hydrogen) atoms. The van der Waals surface area contributed by atoms with Crippen LogP contribution in [0.2, 0.25) is 0 Å². The van der Waals surface area contributed by atoms with E-state index in [4.69, 9.17) is 0 Å². The highest BCUT2D eigenvalue weighted by Crippen LogP contribution is 2.30. The van der Waals surface area contributed by atoms with Crippen molar-refractivity contribution in [3.63, 3.8) is 0 Å². The van der Waals surface area contributed by atoms with Crippen LogP contribution in [0.1, 0.15) is 47.8 Å². The monoisotopic (exact) mass is 492 g/mol. The maximum absolute atomic E-state index is 13.4. The van der Waals surface area contributed by atoms with Gasteiger partial charge in [-0.2, -0.15) is 0 Å². The molecule has 0 amide bonds. The molecular formula is C29H28N6O2. The SMILES string of the molecule is CCC(C)c1cn(C(=O)Cc2ccccc2)c(=O)n1Cc1ccc(-c2ccccc2-c2nnn[nH]2)cc1. The molecule has 2 aromatic heterocycles. The number of hydrogen-bond acceptors (Lipinski definition) is 5. The molecule has 0 saturated heterocycles. The van der Waals surface area contributed by atoms with Crippen LogP contribution in [-0.4, -0.2) is 35.7 Å². The molecule has 1 N–H and O–H groups in total. The van der Waals surface area contributed by atoms with Gasteiger partial charge < -0.3 is 0 Å². The summed E-state index contributed by atoms with van der Waals surface area (Å²) >= 11 is 0. The average Bonchev–Trinajstić information content (AvgIpc) is 3.58. The molecule has 1 atom stereocenters. The van der Waals surface area contributed by atoms with Crippen molar-refractivity contribution in [1.82, 2.24) is 29.8 Å². The summed E-state index contributed by atoms with van der Waals surface area (Å²) in [4.78, 5) is 26.4. The highest BCUT2D eigenvalue weighted by Gasteiger charge is 2.20. The Bertz CT molecular complexity index is 1550. The van der Waals surface area contributed by atoms with Crippen LogP contribution < -0.4 is 5.69 Å². The molecule has 0 radical (unpaired) electrons. The number of imidazole rings is 1. The molecular weight excluding hydrogens is 464 g/mol. The number of tetrazole rings is 1. The molecule has 0 spiro atoms. The molecule has 8 nitrogen and oxygen atoms in total. The lowest BCUT2D eigenvalue weighted by molar-refractivity contribution is 0.0909. The molecule has 0 bridgehead atoms. The van der Waals surface area contributed by atoms with Gasteiger partial charge in [-0.3, -0.25) is 9.36 Å². The van der Waals surface area contributed by atoms with Crippen LogP contribution in [0.3, 0.4) is 0 Å². The van der Waals surface area contributed by atoms with Crippen molar-refractivity contribution in [1.29, 1.82) is 0 Å². The Balaban J connectivity index is 1.44. The highest BCUT2D eigenvalue weighted by molar-refractivity contribution is 5.81. The Hall–Kier alpha value is -4.59. The lowest BCUT2D eigenvalue weighted by Gasteiger charge is -2.13. The molecule has 0 aliphatic rings. The van der Waals surface area contributed by atoms with Gasteiger partial charge in [-0.1, -0.05) is 92.7 Å². The third-order valence-electron chi connectivity index (χ3n) is 6.73.